The molecule has 21 heavy (non-hydrogen) atoms. The number of nitrogens with one attached hydrogen (secondary N) is 1. The van der Waals surface area contributed by atoms with E-state index in [0.717, 1.165) is 23.7 Å². The first-order chi connectivity index (χ1) is 9.88. The lowest BCUT2D eigenvalue weighted by molar-refractivity contribution is 0.567. The van der Waals surface area contributed by atoms with Gasteiger partial charge >= 0.3 is 0 Å². The van der Waals surface area contributed by atoms with E-state index in [1.54, 1.807) is 12.1 Å². The average Bonchev–Trinajstić information content (AvgIpc) is 2.35. The molecule has 0 heterocycles. The van der Waals surface area contributed by atoms with Crippen molar-refractivity contribution in [3.05, 3.63) is 21.1 Å². The van der Waals surface area contributed by atoms with Crippen LogP contribution in [0.1, 0.15) is 45.4 Å². The fraction of sp³-hybridized carbons (Fsp3) is 0.571. The maximum atomic E-state index is 12.3. The normalized spacial score (nSPS) is 11.8. The fourth-order valence-electron chi connectivity index (χ4n) is 2.05. The van der Waals surface area contributed by atoms with Gasteiger partial charge in [-0.2, -0.15) is 0 Å². The van der Waals surface area contributed by atoms with Crippen LogP contribution in [0.4, 0.5) is 5.69 Å². The second-order valence-corrected chi connectivity index (χ2v) is 8.45. The van der Waals surface area contributed by atoms with Gasteiger partial charge < -0.3 is 5.73 Å². The van der Waals surface area contributed by atoms with E-state index in [1.165, 1.54) is 19.3 Å². The lowest BCUT2D eigenvalue weighted by Crippen LogP contribution is -2.26. The minimum absolute atomic E-state index is 0.108. The number of hydrogen-bond acceptors (Lipinski definition) is 3. The Morgan fingerprint density at radius 3 is 2.33 bits per heavy atom. The van der Waals surface area contributed by atoms with Crippen molar-refractivity contribution in [3.63, 3.8) is 0 Å². The first-order valence-electron chi connectivity index (χ1n) is 7.12. The standard InChI is InChI=1S/C14H22Br2N2O2S/c1-2-3-4-5-6-7-8-18-21(19,20)14-12(16)9-11(15)10-13(14)17/h9-10,18H,2-8,17H2,1H3. The van der Waals surface area contributed by atoms with Gasteiger partial charge in [0.2, 0.25) is 10.0 Å². The van der Waals surface area contributed by atoms with E-state index >= 15 is 0 Å². The van der Waals surface area contributed by atoms with Crippen LogP contribution in [0.3, 0.4) is 0 Å². The second kappa shape index (κ2) is 9.12. The van der Waals surface area contributed by atoms with E-state index in [4.69, 9.17) is 5.73 Å². The number of benzene rings is 1. The summed E-state index contributed by atoms with van der Waals surface area (Å²) < 4.78 is 28.4. The van der Waals surface area contributed by atoms with Crippen LogP contribution in [0.2, 0.25) is 0 Å². The molecule has 1 aromatic carbocycles. The van der Waals surface area contributed by atoms with Crippen LogP contribution in [0.15, 0.2) is 26.0 Å². The number of halogens is 2. The van der Waals surface area contributed by atoms with Crippen LogP contribution in [0.25, 0.3) is 0 Å². The van der Waals surface area contributed by atoms with Crippen molar-refractivity contribution >= 4 is 47.6 Å². The van der Waals surface area contributed by atoms with Crippen LogP contribution in [-0.4, -0.2) is 15.0 Å². The van der Waals surface area contributed by atoms with Crippen molar-refractivity contribution < 1.29 is 8.42 Å². The Hall–Kier alpha value is -0.110. The molecule has 0 unspecified atom stereocenters. The number of nitrogen functional groups attached to an aromatic ring is 1. The predicted octanol–water partition coefficient (Wildman–Crippen LogP) is 4.43. The summed E-state index contributed by atoms with van der Waals surface area (Å²) in [5.41, 5.74) is 6.04. The summed E-state index contributed by atoms with van der Waals surface area (Å²) in [7, 11) is -3.58. The summed E-state index contributed by atoms with van der Waals surface area (Å²) in [5, 5.41) is 0. The predicted molar refractivity (Wildman–Crippen MR) is 94.8 cm³/mol. The second-order valence-electron chi connectivity index (χ2n) is 4.97. The van der Waals surface area contributed by atoms with Crippen molar-refractivity contribution in [2.24, 2.45) is 0 Å². The number of hydrogen-bond donors (Lipinski definition) is 2. The summed E-state index contributed by atoms with van der Waals surface area (Å²) in [5.74, 6) is 0. The third kappa shape index (κ3) is 6.26. The zero-order valence-corrected chi connectivity index (χ0v) is 16.2. The summed E-state index contributed by atoms with van der Waals surface area (Å²) in [4.78, 5) is 0.108. The molecule has 0 saturated heterocycles. The Bertz CT molecular complexity index is 539. The Morgan fingerprint density at radius 1 is 1.10 bits per heavy atom. The number of unbranched alkanes of at least 4 members (excludes halogenated alkanes) is 5. The summed E-state index contributed by atoms with van der Waals surface area (Å²) in [6.45, 7) is 2.62. The Morgan fingerprint density at radius 2 is 1.71 bits per heavy atom. The summed E-state index contributed by atoms with van der Waals surface area (Å²) in [6.07, 6.45) is 6.71. The Labute approximate surface area is 144 Å². The quantitative estimate of drug-likeness (QED) is 0.439. The average molecular weight is 442 g/mol. The molecule has 3 N–H and O–H groups in total. The molecule has 120 valence electrons. The van der Waals surface area contributed by atoms with E-state index in [2.05, 4.69) is 43.5 Å². The van der Waals surface area contributed by atoms with Gasteiger partial charge in [-0.15, -0.1) is 0 Å². The topological polar surface area (TPSA) is 72.2 Å². The molecule has 0 amide bonds. The van der Waals surface area contributed by atoms with Crippen LogP contribution in [-0.2, 0) is 10.0 Å². The molecule has 7 heteroatoms. The first-order valence-corrected chi connectivity index (χ1v) is 10.2. The van der Waals surface area contributed by atoms with Crippen LogP contribution >= 0.6 is 31.9 Å². The largest absolute Gasteiger partial charge is 0.398 e. The molecule has 0 fully saturated rings. The molecule has 1 rings (SSSR count). The van der Waals surface area contributed by atoms with E-state index in [1.807, 2.05) is 0 Å². The zero-order chi connectivity index (χ0) is 15.9. The van der Waals surface area contributed by atoms with Gasteiger partial charge in [0, 0.05) is 15.5 Å². The van der Waals surface area contributed by atoms with Gasteiger partial charge in [0.1, 0.15) is 4.90 Å². The maximum absolute atomic E-state index is 12.3. The minimum Gasteiger partial charge on any atom is -0.398 e. The van der Waals surface area contributed by atoms with Gasteiger partial charge in [-0.25, -0.2) is 13.1 Å². The van der Waals surface area contributed by atoms with Crippen molar-refractivity contribution in [1.82, 2.24) is 4.72 Å². The third-order valence-corrected chi connectivity index (χ3v) is 6.05. The lowest BCUT2D eigenvalue weighted by Gasteiger charge is -2.11. The molecular weight excluding hydrogens is 420 g/mol. The smallest absolute Gasteiger partial charge is 0.243 e. The van der Waals surface area contributed by atoms with E-state index < -0.39 is 10.0 Å². The summed E-state index contributed by atoms with van der Waals surface area (Å²) >= 11 is 6.54. The SMILES string of the molecule is CCCCCCCCNS(=O)(=O)c1c(N)cc(Br)cc1Br. The molecule has 0 atom stereocenters. The van der Waals surface area contributed by atoms with E-state index in [-0.39, 0.29) is 10.6 Å². The van der Waals surface area contributed by atoms with Crippen molar-refractivity contribution in [1.29, 1.82) is 0 Å². The molecule has 4 nitrogen and oxygen atoms in total. The molecule has 0 aliphatic heterocycles. The molecular formula is C14H22Br2N2O2S. The van der Waals surface area contributed by atoms with Crippen LogP contribution in [0, 0.1) is 0 Å². The van der Waals surface area contributed by atoms with Gasteiger partial charge in [0.05, 0.1) is 5.69 Å². The number of sulfonamides is 1. The van der Waals surface area contributed by atoms with Gasteiger partial charge in [-0.05, 0) is 34.5 Å². The molecule has 0 spiro atoms. The minimum atomic E-state index is -3.58. The van der Waals surface area contributed by atoms with Gasteiger partial charge in [-0.3, -0.25) is 0 Å². The highest BCUT2D eigenvalue weighted by molar-refractivity contribution is 9.11. The molecule has 0 aromatic heterocycles. The summed E-state index contributed by atoms with van der Waals surface area (Å²) in [6, 6.07) is 3.26. The highest BCUT2D eigenvalue weighted by Gasteiger charge is 2.20. The molecule has 1 aromatic rings. The van der Waals surface area contributed by atoms with Gasteiger partial charge in [0.25, 0.3) is 0 Å². The number of rotatable bonds is 9. The van der Waals surface area contributed by atoms with Crippen molar-refractivity contribution in [3.8, 4) is 0 Å². The molecule has 0 aliphatic carbocycles. The van der Waals surface area contributed by atoms with Crippen molar-refractivity contribution in [2.45, 2.75) is 50.3 Å². The highest BCUT2D eigenvalue weighted by Crippen LogP contribution is 2.31. The molecule has 0 saturated carbocycles. The lowest BCUT2D eigenvalue weighted by atomic mass is 10.1. The van der Waals surface area contributed by atoms with Gasteiger partial charge in [0.15, 0.2) is 0 Å². The number of nitrogens with two attached hydrogens (primary N) is 1. The van der Waals surface area contributed by atoms with Crippen LogP contribution < -0.4 is 10.5 Å². The molecule has 0 radical (unpaired) electrons. The first kappa shape index (κ1) is 18.9. The third-order valence-electron chi connectivity index (χ3n) is 3.13. The molecule has 0 aliphatic rings. The van der Waals surface area contributed by atoms with Crippen LogP contribution in [0.5, 0.6) is 0 Å². The van der Waals surface area contributed by atoms with Crippen molar-refractivity contribution in [2.75, 3.05) is 12.3 Å². The molecule has 0 bridgehead atoms. The Balaban J connectivity index is 2.55. The monoisotopic (exact) mass is 440 g/mol. The van der Waals surface area contributed by atoms with Gasteiger partial charge in [-0.1, -0.05) is 55.0 Å². The highest BCUT2D eigenvalue weighted by atomic mass is 79.9. The zero-order valence-electron chi connectivity index (χ0n) is 12.2. The Kier molecular flexibility index (Phi) is 8.23. The maximum Gasteiger partial charge on any atom is 0.243 e. The fourth-order valence-corrected chi connectivity index (χ4v) is 5.19. The van der Waals surface area contributed by atoms with E-state index in [9.17, 15) is 8.42 Å². The number of anilines is 1. The van der Waals surface area contributed by atoms with E-state index in [0.29, 0.717) is 11.0 Å².